The summed E-state index contributed by atoms with van der Waals surface area (Å²) >= 11 is 1.96. The number of aldehydes is 1. The molecule has 4 aromatic rings. The minimum atomic E-state index is -1.73. The van der Waals surface area contributed by atoms with Gasteiger partial charge in [-0.25, -0.2) is 33.8 Å². The highest BCUT2D eigenvalue weighted by Gasteiger charge is 2.59. The van der Waals surface area contributed by atoms with Crippen LogP contribution in [0.15, 0.2) is 91.1 Å². The molecule has 3 aromatic carbocycles. The highest BCUT2D eigenvalue weighted by molar-refractivity contribution is 14.1. The molecule has 7 atom stereocenters. The lowest BCUT2D eigenvalue weighted by Gasteiger charge is -2.41. The van der Waals surface area contributed by atoms with Gasteiger partial charge in [0.1, 0.15) is 48.8 Å². The van der Waals surface area contributed by atoms with E-state index in [4.69, 9.17) is 15.2 Å². The minimum absolute atomic E-state index is 0.0652. The maximum Gasteiger partial charge on any atom is 0.408 e. The second-order valence-electron chi connectivity index (χ2n) is 22.9. The zero-order valence-corrected chi connectivity index (χ0v) is 53.1. The third-order valence-electron chi connectivity index (χ3n) is 15.1. The van der Waals surface area contributed by atoms with Crippen molar-refractivity contribution in [1.29, 1.82) is 0 Å². The van der Waals surface area contributed by atoms with Gasteiger partial charge in [-0.05, 0) is 72.3 Å². The first-order valence-corrected chi connectivity index (χ1v) is 33.0. The summed E-state index contributed by atoms with van der Waals surface area (Å²) in [5, 5.41) is 28.6. The Morgan fingerprint density at radius 1 is 0.885 bits per heavy atom. The van der Waals surface area contributed by atoms with Crippen LogP contribution in [-0.4, -0.2) is 156 Å². The summed E-state index contributed by atoms with van der Waals surface area (Å²) in [4.78, 5) is 134. The Morgan fingerprint density at radius 3 is 2.14 bits per heavy atom. The van der Waals surface area contributed by atoms with Crippen LogP contribution >= 0.6 is 20.3 Å². The molecule has 1 radical (unpaired) electrons. The molecule has 1 saturated heterocycles. The van der Waals surface area contributed by atoms with E-state index >= 15 is 4.39 Å². The third kappa shape index (κ3) is 19.6. The number of esters is 1. The molecule has 1 fully saturated rings. The summed E-state index contributed by atoms with van der Waals surface area (Å²) in [5.74, 6) is -7.77. The fraction of sp³-hybridized carbons (Fsp3) is 0.467. The molecule has 2 heterocycles. The van der Waals surface area contributed by atoms with E-state index in [-0.39, 0.29) is 75.4 Å². The number of carbonyl (C=O) groups is 10. The van der Waals surface area contributed by atoms with Crippen LogP contribution in [0.25, 0.3) is 11.1 Å². The summed E-state index contributed by atoms with van der Waals surface area (Å²) in [6.07, 6.45) is 0.368. The summed E-state index contributed by atoms with van der Waals surface area (Å²) in [6, 6.07) is 17.1. The lowest BCUT2D eigenvalue weighted by Crippen LogP contribution is -2.59. The van der Waals surface area contributed by atoms with Crippen molar-refractivity contribution in [2.45, 2.75) is 121 Å². The summed E-state index contributed by atoms with van der Waals surface area (Å²) in [7, 11) is 0. The Hall–Kier alpha value is -7.32. The predicted octanol–water partition coefficient (Wildman–Crippen LogP) is 3.41. The number of cyclic esters (lactones) is 1. The number of nitrogens with one attached hydrogen (secondary N) is 7. The molecule has 23 nitrogen and oxygen atoms in total. The number of aliphatic hydroxyl groups excluding tert-OH is 1. The second kappa shape index (κ2) is 32.1. The van der Waals surface area contributed by atoms with Gasteiger partial charge in [0.2, 0.25) is 41.4 Å². The molecule has 0 saturated carbocycles. The Kier molecular flexibility index (Phi) is 26.0. The standard InChI is InChI=1S/C60H77F2N10O13.Al.HI/c1-8-41-34-84-56(82)60(41,7)28-49(76)66-29-50(77)64-22-23-65-54(80)45(68-55(81)46(27-48(63)75)69-53(79)37(2)67-35-59(6,36-74)70-57(83)85-33-39-17-13-10-14-18-39)21-24-72(51(78)32-73)52(58(3,4)5)47-25-40(43-26-42(61)19-20-44(43)62)31-71(47)30-38-15-11-9-12-16-38;;/h9-20,25-26,31,36-37,45-46,52,67,73H,8,21-24,27-30,32-35H2,1-7H3,(H2,63,75)(H,64,77)(H,65,80)(H,66,76)(H,68,81)(H,69,79)(H,70,83);;1H/q;+1;/p-1/t37-,45-,46+,52-,59+,60?;;/m0../s1. The van der Waals surface area contributed by atoms with E-state index in [0.29, 0.717) is 24.0 Å². The maximum absolute atomic E-state index is 15.5. The highest BCUT2D eigenvalue weighted by atomic mass is 127. The number of ether oxygens (including phenoxy) is 2. The van der Waals surface area contributed by atoms with Gasteiger partial charge in [-0.1, -0.05) is 94.8 Å². The highest BCUT2D eigenvalue weighted by Crippen LogP contribution is 2.56. The molecule has 1 aromatic heterocycles. The Bertz CT molecular complexity index is 3100. The molecule has 1 aliphatic rings. The van der Waals surface area contributed by atoms with Crippen molar-refractivity contribution in [2.24, 2.45) is 16.6 Å². The predicted molar refractivity (Wildman–Crippen MR) is 326 cm³/mol. The van der Waals surface area contributed by atoms with Gasteiger partial charge >= 0.3 is 24.0 Å². The molecule has 0 spiro atoms. The maximum atomic E-state index is 15.5. The molecule has 2 unspecified atom stereocenters. The fourth-order valence-electron chi connectivity index (χ4n) is 10.0. The number of halogens is 3. The van der Waals surface area contributed by atoms with Crippen LogP contribution < -0.4 is 43.0 Å². The van der Waals surface area contributed by atoms with E-state index < -0.39 is 136 Å². The molecule has 0 aliphatic carbocycles. The zero-order chi connectivity index (χ0) is 64.3. The van der Waals surface area contributed by atoms with Crippen LogP contribution in [0.3, 0.4) is 0 Å². The Balaban J connectivity index is 1.38. The monoisotopic (exact) mass is 1340 g/mol. The largest absolute Gasteiger partial charge is 0.466 e. The number of hydrogen-bond donors (Lipinski definition) is 9. The lowest BCUT2D eigenvalue weighted by molar-refractivity contribution is -0.148. The number of rotatable bonds is 32. The molecule has 27 heteroatoms. The number of aliphatic hydroxyl groups is 1. The average molecular weight is 1340 g/mol. The van der Waals surface area contributed by atoms with Gasteiger partial charge in [-0.15, -0.1) is 0 Å². The Labute approximate surface area is 521 Å². The van der Waals surface area contributed by atoms with E-state index in [1.54, 1.807) is 54.1 Å². The molecule has 5 rings (SSSR count). The van der Waals surface area contributed by atoms with E-state index in [0.717, 1.165) is 23.8 Å². The topological polar surface area (TPSA) is 328 Å². The van der Waals surface area contributed by atoms with E-state index in [1.807, 2.05) is 58.0 Å². The number of benzene rings is 3. The summed E-state index contributed by atoms with van der Waals surface area (Å²) in [5.41, 5.74) is 4.11. The average Bonchev–Trinajstić information content (AvgIpc) is 1.74. The van der Waals surface area contributed by atoms with Crippen molar-refractivity contribution in [2.75, 3.05) is 45.9 Å². The number of hydrogen-bond acceptors (Lipinski definition) is 14. The molecular formula is C60H77AlF2IN10O13. The van der Waals surface area contributed by atoms with Crippen molar-refractivity contribution in [1.82, 2.24) is 46.7 Å². The number of amides is 8. The van der Waals surface area contributed by atoms with Gasteiger partial charge in [-0.2, -0.15) is 0 Å². The molecule has 1 aliphatic heterocycles. The smallest absolute Gasteiger partial charge is 0.408 e. The lowest BCUT2D eigenvalue weighted by atomic mass is 9.74. The van der Waals surface area contributed by atoms with Crippen LogP contribution in [0.4, 0.5) is 13.6 Å². The van der Waals surface area contributed by atoms with E-state index in [1.165, 1.54) is 18.7 Å². The van der Waals surface area contributed by atoms with E-state index in [9.17, 15) is 57.4 Å². The second-order valence-corrected chi connectivity index (χ2v) is 26.1. The molecular weight excluding hydrogens is 1260 g/mol. The van der Waals surface area contributed by atoms with Crippen molar-refractivity contribution < 1.29 is 71.3 Å². The minimum Gasteiger partial charge on any atom is -0.466 e. The molecule has 0 bridgehead atoms. The summed E-state index contributed by atoms with van der Waals surface area (Å²) < 4.78 is 42.1. The number of carbonyl (C=O) groups excluding carboxylic acids is 10. The van der Waals surface area contributed by atoms with Crippen LogP contribution in [0, 0.1) is 22.5 Å². The van der Waals surface area contributed by atoms with Gasteiger partial charge < -0.3 is 71.8 Å². The first-order valence-electron chi connectivity index (χ1n) is 28.2. The van der Waals surface area contributed by atoms with Crippen LogP contribution in [0.1, 0.15) is 97.0 Å². The number of aromatic nitrogens is 1. The van der Waals surface area contributed by atoms with Crippen molar-refractivity contribution >= 4 is 91.9 Å². The van der Waals surface area contributed by atoms with Gasteiger partial charge in [-0.3, -0.25) is 38.4 Å². The summed E-state index contributed by atoms with van der Waals surface area (Å²) in [6.45, 7) is 9.46. The number of nitrogens with zero attached hydrogens (tertiary/aromatic N) is 2. The molecule has 10 N–H and O–H groups in total. The Morgan fingerprint density at radius 2 is 1.53 bits per heavy atom. The SMILES string of the molecule is CC[C]1([Al][I])COC(=O)C1(C)CC(=O)NCC(=O)NCCNC(=O)[C@H](CCN(C(=O)CO)[C@@H](c1cc(-c2cc(F)ccc2F)cn1Cc1ccccc1)C(C)(C)C)NC(=O)[C@@H](CC(N)=O)NC(=O)[C@H](C)NC[C@](C)(C=O)NC(=O)OCc1ccccc1. The first-order chi connectivity index (χ1) is 41.1. The van der Waals surface area contributed by atoms with Crippen LogP contribution in [0.5, 0.6) is 0 Å². The first kappa shape index (κ1) is 70.4. The van der Waals surface area contributed by atoms with Crippen molar-refractivity contribution in [3.63, 3.8) is 0 Å². The number of nitrogens with two attached hydrogens (primary N) is 1. The fourth-order valence-corrected chi connectivity index (χ4v) is 14.7. The normalized spacial score (nSPS) is 17.6. The number of alkyl carbamates (subject to hydrolysis) is 1. The van der Waals surface area contributed by atoms with Crippen molar-refractivity contribution in [3.05, 3.63) is 120 Å². The third-order valence-corrected chi connectivity index (χ3v) is 20.4. The zero-order valence-electron chi connectivity index (χ0n) is 49.8. The quantitative estimate of drug-likeness (QED) is 0.0111. The van der Waals surface area contributed by atoms with Crippen molar-refractivity contribution in [3.8, 4) is 11.1 Å². The molecule has 469 valence electrons. The van der Waals surface area contributed by atoms with Gasteiger partial charge in [0.05, 0.1) is 37.1 Å². The molecule has 8 amide bonds. The van der Waals surface area contributed by atoms with Gasteiger partial charge in [0.25, 0.3) is 0 Å². The number of primary amides is 1. The van der Waals surface area contributed by atoms with E-state index in [2.05, 4.69) is 57.5 Å². The van der Waals surface area contributed by atoms with Gasteiger partial charge in [0, 0.05) is 62.2 Å². The van der Waals surface area contributed by atoms with Crippen LogP contribution in [-0.2, 0) is 65.8 Å². The van der Waals surface area contributed by atoms with Crippen LogP contribution in [0.2, 0.25) is 4.28 Å². The molecule has 87 heavy (non-hydrogen) atoms. The van der Waals surface area contributed by atoms with Gasteiger partial charge in [0.15, 0.2) is 0 Å².